The average Bonchev–Trinajstić information content (AvgIpc) is 2.81. The van der Waals surface area contributed by atoms with Crippen LogP contribution in [0.2, 0.25) is 0 Å². The maximum atomic E-state index is 11.6. The van der Waals surface area contributed by atoms with Crippen molar-refractivity contribution in [2.75, 3.05) is 11.2 Å². The van der Waals surface area contributed by atoms with Gasteiger partial charge in [0.2, 0.25) is 5.95 Å². The topological polar surface area (TPSA) is 102 Å². The molecule has 0 saturated heterocycles. The zero-order valence-electron chi connectivity index (χ0n) is 10.00. The zero-order valence-corrected chi connectivity index (χ0v) is 10.00. The highest BCUT2D eigenvalue weighted by Crippen LogP contribution is 2.05. The van der Waals surface area contributed by atoms with Gasteiger partial charge in [-0.1, -0.05) is 30.3 Å². The molecule has 0 aliphatic heterocycles. The van der Waals surface area contributed by atoms with Crippen LogP contribution < -0.4 is 16.7 Å². The van der Waals surface area contributed by atoms with E-state index in [1.807, 2.05) is 30.3 Å². The van der Waals surface area contributed by atoms with Crippen LogP contribution in [0.3, 0.4) is 0 Å². The van der Waals surface area contributed by atoms with Gasteiger partial charge in [-0.05, 0) is 5.56 Å². The van der Waals surface area contributed by atoms with E-state index in [-0.39, 0.29) is 17.0 Å². The predicted octanol–water partition coefficient (Wildman–Crippen LogP) is 0.445. The Labute approximate surface area is 108 Å². The first-order valence-corrected chi connectivity index (χ1v) is 5.75. The molecule has 0 saturated carbocycles. The largest absolute Gasteiger partial charge is 0.369 e. The number of aromatic nitrogens is 4. The van der Waals surface area contributed by atoms with Crippen LogP contribution in [-0.4, -0.2) is 19.6 Å². The second-order valence-electron chi connectivity index (χ2n) is 4.06. The fraction of sp³-hybridized carbons (Fsp3) is 0.0833. The molecule has 3 aromatic rings. The van der Waals surface area contributed by atoms with Gasteiger partial charge in [0.25, 0.3) is 5.56 Å². The third kappa shape index (κ3) is 2.13. The molecule has 1 aromatic carbocycles. The van der Waals surface area contributed by atoms with Crippen molar-refractivity contribution in [2.45, 2.75) is 6.54 Å². The first kappa shape index (κ1) is 11.3. The summed E-state index contributed by atoms with van der Waals surface area (Å²) in [6.07, 6.45) is 1.51. The molecular formula is C12H12N6O. The fourth-order valence-electron chi connectivity index (χ4n) is 1.81. The van der Waals surface area contributed by atoms with Crippen LogP contribution in [-0.2, 0) is 6.54 Å². The summed E-state index contributed by atoms with van der Waals surface area (Å²) in [5, 5.41) is 0. The number of rotatable bonds is 3. The van der Waals surface area contributed by atoms with Crippen molar-refractivity contribution < 1.29 is 0 Å². The molecule has 96 valence electrons. The van der Waals surface area contributed by atoms with Crippen LogP contribution in [0.5, 0.6) is 0 Å². The molecule has 0 spiro atoms. The standard InChI is InChI=1S/C12H12N6O/c13-12-16-10-9(11(19)17-12)14-7-18(10)15-6-8-4-2-1-3-5-8/h1-5,7,15H,6H2,(H3,13,16,17,19). The summed E-state index contributed by atoms with van der Waals surface area (Å²) in [6, 6.07) is 9.88. The Morgan fingerprint density at radius 2 is 2.11 bits per heavy atom. The molecule has 2 aromatic heterocycles. The van der Waals surface area contributed by atoms with Crippen LogP contribution in [0.1, 0.15) is 5.56 Å². The molecule has 0 aliphatic rings. The number of aromatic amines is 1. The number of fused-ring (bicyclic) bond motifs is 1. The molecule has 0 atom stereocenters. The zero-order chi connectivity index (χ0) is 13.2. The molecule has 0 amide bonds. The smallest absolute Gasteiger partial charge is 0.280 e. The van der Waals surface area contributed by atoms with Gasteiger partial charge in [-0.3, -0.25) is 9.78 Å². The third-order valence-electron chi connectivity index (χ3n) is 2.72. The van der Waals surface area contributed by atoms with Gasteiger partial charge in [0.1, 0.15) is 6.33 Å². The third-order valence-corrected chi connectivity index (χ3v) is 2.72. The minimum absolute atomic E-state index is 0.0701. The highest BCUT2D eigenvalue weighted by Gasteiger charge is 2.08. The number of nitrogen functional groups attached to an aromatic ring is 1. The molecular weight excluding hydrogens is 244 g/mol. The normalized spacial score (nSPS) is 10.7. The van der Waals surface area contributed by atoms with Gasteiger partial charge in [0.05, 0.1) is 6.54 Å². The molecule has 19 heavy (non-hydrogen) atoms. The lowest BCUT2D eigenvalue weighted by Crippen LogP contribution is -2.16. The van der Waals surface area contributed by atoms with Gasteiger partial charge in [-0.25, -0.2) is 9.66 Å². The Morgan fingerprint density at radius 1 is 1.32 bits per heavy atom. The molecule has 3 rings (SSSR count). The monoisotopic (exact) mass is 256 g/mol. The van der Waals surface area contributed by atoms with Crippen molar-refractivity contribution in [2.24, 2.45) is 0 Å². The Balaban J connectivity index is 1.92. The van der Waals surface area contributed by atoms with Crippen LogP contribution in [0.4, 0.5) is 5.95 Å². The van der Waals surface area contributed by atoms with Gasteiger partial charge >= 0.3 is 0 Å². The predicted molar refractivity (Wildman–Crippen MR) is 72.1 cm³/mol. The summed E-state index contributed by atoms with van der Waals surface area (Å²) < 4.78 is 1.59. The Bertz CT molecular complexity index is 761. The number of benzene rings is 1. The molecule has 7 nitrogen and oxygen atoms in total. The van der Waals surface area contributed by atoms with E-state index >= 15 is 0 Å². The number of imidazole rings is 1. The second-order valence-corrected chi connectivity index (χ2v) is 4.06. The molecule has 0 bridgehead atoms. The van der Waals surface area contributed by atoms with E-state index in [4.69, 9.17) is 5.73 Å². The summed E-state index contributed by atoms with van der Waals surface area (Å²) >= 11 is 0. The van der Waals surface area contributed by atoms with E-state index in [1.165, 1.54) is 6.33 Å². The van der Waals surface area contributed by atoms with Crippen LogP contribution >= 0.6 is 0 Å². The van der Waals surface area contributed by atoms with Crippen molar-refractivity contribution >= 4 is 17.1 Å². The van der Waals surface area contributed by atoms with Crippen molar-refractivity contribution in [1.82, 2.24) is 19.6 Å². The Hall–Kier alpha value is -2.83. The fourth-order valence-corrected chi connectivity index (χ4v) is 1.81. The number of nitrogens with two attached hydrogens (primary N) is 1. The van der Waals surface area contributed by atoms with Crippen molar-refractivity contribution in [1.29, 1.82) is 0 Å². The number of nitrogens with one attached hydrogen (secondary N) is 2. The second kappa shape index (κ2) is 4.45. The van der Waals surface area contributed by atoms with E-state index in [0.717, 1.165) is 5.56 Å². The molecule has 0 unspecified atom stereocenters. The number of hydrogen-bond donors (Lipinski definition) is 3. The Morgan fingerprint density at radius 3 is 2.89 bits per heavy atom. The lowest BCUT2D eigenvalue weighted by atomic mass is 10.2. The minimum atomic E-state index is -0.345. The summed E-state index contributed by atoms with van der Waals surface area (Å²) in [6.45, 7) is 0.598. The number of hydrogen-bond acceptors (Lipinski definition) is 5. The molecule has 4 N–H and O–H groups in total. The summed E-state index contributed by atoms with van der Waals surface area (Å²) in [5.41, 5.74) is 10.1. The Kier molecular flexibility index (Phi) is 2.64. The highest BCUT2D eigenvalue weighted by molar-refractivity contribution is 5.70. The van der Waals surface area contributed by atoms with E-state index in [1.54, 1.807) is 4.68 Å². The van der Waals surface area contributed by atoms with Crippen LogP contribution in [0.15, 0.2) is 41.5 Å². The van der Waals surface area contributed by atoms with E-state index in [9.17, 15) is 4.79 Å². The lowest BCUT2D eigenvalue weighted by Gasteiger charge is -2.07. The first-order valence-electron chi connectivity index (χ1n) is 5.75. The summed E-state index contributed by atoms with van der Waals surface area (Å²) in [7, 11) is 0. The van der Waals surface area contributed by atoms with Crippen molar-refractivity contribution in [3.05, 3.63) is 52.6 Å². The SMILES string of the molecule is Nc1nc2c(ncn2NCc2ccccc2)c(=O)[nH]1. The van der Waals surface area contributed by atoms with Crippen LogP contribution in [0, 0.1) is 0 Å². The van der Waals surface area contributed by atoms with Gasteiger partial charge < -0.3 is 11.2 Å². The summed E-state index contributed by atoms with van der Waals surface area (Å²) in [4.78, 5) is 22.1. The number of anilines is 1. The summed E-state index contributed by atoms with van der Waals surface area (Å²) in [5.74, 6) is 0.0701. The minimum Gasteiger partial charge on any atom is -0.369 e. The van der Waals surface area contributed by atoms with E-state index in [2.05, 4.69) is 20.4 Å². The van der Waals surface area contributed by atoms with Crippen LogP contribution in [0.25, 0.3) is 11.2 Å². The van der Waals surface area contributed by atoms with Gasteiger partial charge in [-0.2, -0.15) is 4.98 Å². The number of H-pyrrole nitrogens is 1. The quantitative estimate of drug-likeness (QED) is 0.631. The number of nitrogens with zero attached hydrogens (tertiary/aromatic N) is 3. The maximum Gasteiger partial charge on any atom is 0.280 e. The average molecular weight is 256 g/mol. The van der Waals surface area contributed by atoms with E-state index in [0.29, 0.717) is 12.2 Å². The molecule has 0 aliphatic carbocycles. The molecule has 0 fully saturated rings. The van der Waals surface area contributed by atoms with Gasteiger partial charge in [-0.15, -0.1) is 0 Å². The molecule has 7 heteroatoms. The van der Waals surface area contributed by atoms with Crippen molar-refractivity contribution in [3.63, 3.8) is 0 Å². The van der Waals surface area contributed by atoms with Crippen molar-refractivity contribution in [3.8, 4) is 0 Å². The van der Waals surface area contributed by atoms with Gasteiger partial charge in [0.15, 0.2) is 11.2 Å². The molecule has 2 heterocycles. The van der Waals surface area contributed by atoms with Gasteiger partial charge in [0, 0.05) is 0 Å². The first-order chi connectivity index (χ1) is 9.24. The highest BCUT2D eigenvalue weighted by atomic mass is 16.1. The van der Waals surface area contributed by atoms with E-state index < -0.39 is 0 Å². The molecule has 0 radical (unpaired) electrons. The lowest BCUT2D eigenvalue weighted by molar-refractivity contribution is 0.852. The maximum absolute atomic E-state index is 11.6.